The third-order valence-corrected chi connectivity index (χ3v) is 3.82. The molecule has 2 N–H and O–H groups in total. The standard InChI is InChI=1S/C14H17NS/c1-11-7-8-14(16-11)9-13(10-15)12-5-3-2-4-6-12/h2-8,13H,9-10,15H2,1H3. The largest absolute Gasteiger partial charge is 0.330 e. The van der Waals surface area contributed by atoms with Crippen molar-refractivity contribution in [1.29, 1.82) is 0 Å². The van der Waals surface area contributed by atoms with E-state index in [1.165, 1.54) is 15.3 Å². The Balaban J connectivity index is 2.12. The molecule has 0 bridgehead atoms. The maximum absolute atomic E-state index is 5.86. The van der Waals surface area contributed by atoms with Crippen molar-refractivity contribution < 1.29 is 0 Å². The molecule has 1 heterocycles. The van der Waals surface area contributed by atoms with Crippen molar-refractivity contribution in [2.45, 2.75) is 19.3 Å². The van der Waals surface area contributed by atoms with Gasteiger partial charge < -0.3 is 5.73 Å². The van der Waals surface area contributed by atoms with Crippen molar-refractivity contribution in [1.82, 2.24) is 0 Å². The number of hydrogen-bond donors (Lipinski definition) is 1. The summed E-state index contributed by atoms with van der Waals surface area (Å²) in [6, 6.07) is 14.9. The number of rotatable bonds is 4. The summed E-state index contributed by atoms with van der Waals surface area (Å²) in [5.41, 5.74) is 7.21. The second kappa shape index (κ2) is 5.28. The molecule has 1 aromatic heterocycles. The molecular formula is C14H17NS. The average molecular weight is 231 g/mol. The Kier molecular flexibility index (Phi) is 3.75. The van der Waals surface area contributed by atoms with Crippen molar-refractivity contribution in [3.05, 3.63) is 57.8 Å². The molecule has 0 aliphatic carbocycles. The Bertz CT molecular complexity index is 433. The first-order valence-electron chi connectivity index (χ1n) is 5.60. The summed E-state index contributed by atoms with van der Waals surface area (Å²) >= 11 is 1.87. The Labute approximate surface area is 101 Å². The Morgan fingerprint density at radius 2 is 1.88 bits per heavy atom. The van der Waals surface area contributed by atoms with Crippen molar-refractivity contribution >= 4 is 11.3 Å². The molecule has 0 radical (unpaired) electrons. The number of hydrogen-bond acceptors (Lipinski definition) is 2. The fourth-order valence-corrected chi connectivity index (χ4v) is 2.87. The van der Waals surface area contributed by atoms with Crippen LogP contribution in [0.3, 0.4) is 0 Å². The molecule has 1 unspecified atom stereocenters. The average Bonchev–Trinajstić information content (AvgIpc) is 2.73. The topological polar surface area (TPSA) is 26.0 Å². The smallest absolute Gasteiger partial charge is 0.00546 e. The van der Waals surface area contributed by atoms with Gasteiger partial charge in [-0.05, 0) is 37.6 Å². The number of aryl methyl sites for hydroxylation is 1. The van der Waals surface area contributed by atoms with E-state index in [1.54, 1.807) is 0 Å². The number of benzene rings is 1. The SMILES string of the molecule is Cc1ccc(CC(CN)c2ccccc2)s1. The minimum absolute atomic E-state index is 0.444. The van der Waals surface area contributed by atoms with E-state index in [2.05, 4.69) is 43.3 Å². The van der Waals surface area contributed by atoms with Crippen LogP contribution in [0, 0.1) is 6.92 Å². The van der Waals surface area contributed by atoms with E-state index < -0.39 is 0 Å². The molecule has 2 rings (SSSR count). The van der Waals surface area contributed by atoms with E-state index in [-0.39, 0.29) is 0 Å². The molecule has 0 saturated heterocycles. The van der Waals surface area contributed by atoms with Crippen LogP contribution in [0.4, 0.5) is 0 Å². The van der Waals surface area contributed by atoms with E-state index in [0.717, 1.165) is 6.42 Å². The maximum atomic E-state index is 5.86. The zero-order valence-corrected chi connectivity index (χ0v) is 10.3. The highest BCUT2D eigenvalue weighted by molar-refractivity contribution is 7.11. The fourth-order valence-electron chi connectivity index (χ4n) is 1.90. The predicted molar refractivity (Wildman–Crippen MR) is 71.0 cm³/mol. The van der Waals surface area contributed by atoms with E-state index in [0.29, 0.717) is 12.5 Å². The molecular weight excluding hydrogens is 214 g/mol. The van der Waals surface area contributed by atoms with Gasteiger partial charge in [0.2, 0.25) is 0 Å². The number of thiophene rings is 1. The normalized spacial score (nSPS) is 12.6. The molecule has 1 aromatic carbocycles. The van der Waals surface area contributed by atoms with Gasteiger partial charge >= 0.3 is 0 Å². The zero-order chi connectivity index (χ0) is 11.4. The van der Waals surface area contributed by atoms with Crippen LogP contribution in [-0.4, -0.2) is 6.54 Å². The highest BCUT2D eigenvalue weighted by atomic mass is 32.1. The lowest BCUT2D eigenvalue weighted by Crippen LogP contribution is -2.14. The van der Waals surface area contributed by atoms with Crippen LogP contribution in [0.5, 0.6) is 0 Å². The minimum atomic E-state index is 0.444. The molecule has 2 aromatic rings. The van der Waals surface area contributed by atoms with Gasteiger partial charge in [-0.3, -0.25) is 0 Å². The summed E-state index contributed by atoms with van der Waals surface area (Å²) in [5.74, 6) is 0.444. The van der Waals surface area contributed by atoms with Crippen LogP contribution < -0.4 is 5.73 Å². The van der Waals surface area contributed by atoms with Gasteiger partial charge in [-0.2, -0.15) is 0 Å². The molecule has 0 saturated carbocycles. The van der Waals surface area contributed by atoms with Crippen molar-refractivity contribution in [3.63, 3.8) is 0 Å². The fraction of sp³-hybridized carbons (Fsp3) is 0.286. The van der Waals surface area contributed by atoms with Crippen LogP contribution in [0.2, 0.25) is 0 Å². The monoisotopic (exact) mass is 231 g/mol. The lowest BCUT2D eigenvalue weighted by Gasteiger charge is -2.13. The summed E-state index contributed by atoms with van der Waals surface area (Å²) in [6.45, 7) is 2.86. The minimum Gasteiger partial charge on any atom is -0.330 e. The molecule has 0 spiro atoms. The molecule has 0 amide bonds. The van der Waals surface area contributed by atoms with E-state index in [9.17, 15) is 0 Å². The maximum Gasteiger partial charge on any atom is 0.00546 e. The van der Waals surface area contributed by atoms with Gasteiger partial charge in [-0.1, -0.05) is 30.3 Å². The van der Waals surface area contributed by atoms with Crippen LogP contribution in [0.15, 0.2) is 42.5 Å². The van der Waals surface area contributed by atoms with Gasteiger partial charge in [0, 0.05) is 15.7 Å². The molecule has 84 valence electrons. The van der Waals surface area contributed by atoms with Gasteiger partial charge in [0.15, 0.2) is 0 Å². The van der Waals surface area contributed by atoms with Gasteiger partial charge in [0.05, 0.1) is 0 Å². The first-order chi connectivity index (χ1) is 7.79. The first-order valence-corrected chi connectivity index (χ1v) is 6.41. The summed E-state index contributed by atoms with van der Waals surface area (Å²) in [4.78, 5) is 2.80. The summed E-state index contributed by atoms with van der Waals surface area (Å²) in [6.07, 6.45) is 1.05. The Hall–Kier alpha value is -1.12. The molecule has 1 nitrogen and oxygen atoms in total. The summed E-state index contributed by atoms with van der Waals surface area (Å²) in [5, 5.41) is 0. The third-order valence-electron chi connectivity index (χ3n) is 2.80. The van der Waals surface area contributed by atoms with E-state index in [4.69, 9.17) is 5.73 Å². The van der Waals surface area contributed by atoms with Gasteiger partial charge in [-0.25, -0.2) is 0 Å². The number of nitrogens with two attached hydrogens (primary N) is 1. The quantitative estimate of drug-likeness (QED) is 0.858. The van der Waals surface area contributed by atoms with Gasteiger partial charge in [0.25, 0.3) is 0 Å². The van der Waals surface area contributed by atoms with Crippen LogP contribution in [0.1, 0.15) is 21.2 Å². The molecule has 2 heteroatoms. The summed E-state index contributed by atoms with van der Waals surface area (Å²) in [7, 11) is 0. The molecule has 1 atom stereocenters. The molecule has 0 aliphatic heterocycles. The lowest BCUT2D eigenvalue weighted by molar-refractivity contribution is 0.701. The highest BCUT2D eigenvalue weighted by Gasteiger charge is 2.11. The van der Waals surface area contributed by atoms with Crippen LogP contribution in [-0.2, 0) is 6.42 Å². The van der Waals surface area contributed by atoms with Crippen molar-refractivity contribution in [2.75, 3.05) is 6.54 Å². The predicted octanol–water partition coefficient (Wildman–Crippen LogP) is 3.34. The summed E-state index contributed by atoms with van der Waals surface area (Å²) < 4.78 is 0. The van der Waals surface area contributed by atoms with Crippen LogP contribution in [0.25, 0.3) is 0 Å². The molecule has 16 heavy (non-hydrogen) atoms. The first kappa shape index (κ1) is 11.4. The van der Waals surface area contributed by atoms with Crippen LogP contribution >= 0.6 is 11.3 Å². The molecule has 0 fully saturated rings. The van der Waals surface area contributed by atoms with Gasteiger partial charge in [0.1, 0.15) is 0 Å². The Morgan fingerprint density at radius 1 is 1.12 bits per heavy atom. The lowest BCUT2D eigenvalue weighted by atomic mass is 9.95. The van der Waals surface area contributed by atoms with E-state index in [1.807, 2.05) is 17.4 Å². The zero-order valence-electron chi connectivity index (χ0n) is 9.52. The van der Waals surface area contributed by atoms with Crippen molar-refractivity contribution in [2.24, 2.45) is 5.73 Å². The van der Waals surface area contributed by atoms with Gasteiger partial charge in [-0.15, -0.1) is 11.3 Å². The third kappa shape index (κ3) is 2.71. The Morgan fingerprint density at radius 3 is 2.44 bits per heavy atom. The second-order valence-electron chi connectivity index (χ2n) is 4.06. The van der Waals surface area contributed by atoms with Crippen molar-refractivity contribution in [3.8, 4) is 0 Å². The highest BCUT2D eigenvalue weighted by Crippen LogP contribution is 2.24. The van der Waals surface area contributed by atoms with E-state index >= 15 is 0 Å². The molecule has 0 aliphatic rings. The second-order valence-corrected chi connectivity index (χ2v) is 5.43.